The van der Waals surface area contributed by atoms with Crippen molar-refractivity contribution in [2.75, 3.05) is 14.2 Å². The molecule has 0 bridgehead atoms. The summed E-state index contributed by atoms with van der Waals surface area (Å²) < 4.78 is 16.2. The molecule has 2 rings (SSSR count). The summed E-state index contributed by atoms with van der Waals surface area (Å²) in [6, 6.07) is 12.7. The van der Waals surface area contributed by atoms with Gasteiger partial charge in [0, 0.05) is 18.2 Å². The molecule has 0 aliphatic rings. The normalized spacial score (nSPS) is 11.6. The fourth-order valence-corrected chi connectivity index (χ4v) is 2.64. The molecule has 0 fully saturated rings. The van der Waals surface area contributed by atoms with Crippen molar-refractivity contribution in [3.63, 3.8) is 0 Å². The number of benzene rings is 2. The van der Waals surface area contributed by atoms with Gasteiger partial charge in [0.1, 0.15) is 17.2 Å². The number of hydrogen-bond acceptors (Lipinski definition) is 4. The largest absolute Gasteiger partial charge is 0.497 e. The third kappa shape index (κ3) is 6.09. The Balaban J connectivity index is 1.90. The molecule has 6 heteroatoms. The van der Waals surface area contributed by atoms with Gasteiger partial charge in [-0.3, -0.25) is 0 Å². The number of methoxy groups -OCH3 is 2. The number of nitrogens with one attached hydrogen (secondary N) is 2. The maximum atomic E-state index is 12.2. The first-order valence-electron chi connectivity index (χ1n) is 8.94. The molecular weight excluding hydrogens is 344 g/mol. The van der Waals surface area contributed by atoms with Crippen LogP contribution in [0.5, 0.6) is 17.2 Å². The number of ether oxygens (including phenoxy) is 3. The summed E-state index contributed by atoms with van der Waals surface area (Å²) in [6.07, 6.45) is 0.135. The number of carbonyl (C=O) groups excluding carboxylic acids is 1. The van der Waals surface area contributed by atoms with Crippen LogP contribution in [0, 0.1) is 0 Å². The van der Waals surface area contributed by atoms with Crippen LogP contribution in [0.1, 0.15) is 37.9 Å². The van der Waals surface area contributed by atoms with Gasteiger partial charge < -0.3 is 24.8 Å². The molecule has 27 heavy (non-hydrogen) atoms. The number of urea groups is 1. The Kier molecular flexibility index (Phi) is 7.34. The Morgan fingerprint density at radius 1 is 0.963 bits per heavy atom. The Bertz CT molecular complexity index is 744. The molecule has 0 saturated heterocycles. The van der Waals surface area contributed by atoms with E-state index in [9.17, 15) is 4.79 Å². The molecule has 2 N–H and O–H groups in total. The topological polar surface area (TPSA) is 68.8 Å². The zero-order valence-electron chi connectivity index (χ0n) is 16.5. The number of carbonyl (C=O) groups is 1. The molecule has 0 saturated carbocycles. The summed E-state index contributed by atoms with van der Waals surface area (Å²) >= 11 is 0. The van der Waals surface area contributed by atoms with E-state index in [1.54, 1.807) is 20.3 Å². The van der Waals surface area contributed by atoms with Crippen LogP contribution < -0.4 is 24.8 Å². The van der Waals surface area contributed by atoms with E-state index in [0.29, 0.717) is 18.0 Å². The van der Waals surface area contributed by atoms with E-state index in [1.165, 1.54) is 0 Å². The second kappa shape index (κ2) is 9.71. The lowest BCUT2D eigenvalue weighted by molar-refractivity contribution is 0.237. The van der Waals surface area contributed by atoms with Gasteiger partial charge in [-0.25, -0.2) is 4.79 Å². The summed E-state index contributed by atoms with van der Waals surface area (Å²) in [6.45, 7) is 6.31. The van der Waals surface area contributed by atoms with Crippen molar-refractivity contribution < 1.29 is 19.0 Å². The van der Waals surface area contributed by atoms with Crippen molar-refractivity contribution in [2.45, 2.75) is 39.5 Å². The number of hydrogen-bond donors (Lipinski definition) is 2. The summed E-state index contributed by atoms with van der Waals surface area (Å²) in [5, 5.41) is 5.78. The van der Waals surface area contributed by atoms with Crippen molar-refractivity contribution >= 4 is 6.03 Å². The van der Waals surface area contributed by atoms with Gasteiger partial charge in [0.25, 0.3) is 0 Å². The molecule has 146 valence electrons. The summed E-state index contributed by atoms with van der Waals surface area (Å²) in [5.41, 5.74) is 1.87. The lowest BCUT2D eigenvalue weighted by atomic mass is 10.1. The quantitative estimate of drug-likeness (QED) is 0.733. The molecule has 0 heterocycles. The van der Waals surface area contributed by atoms with Gasteiger partial charge in [-0.15, -0.1) is 0 Å². The molecule has 1 unspecified atom stereocenters. The average Bonchev–Trinajstić information content (AvgIpc) is 2.66. The van der Waals surface area contributed by atoms with Gasteiger partial charge in [0.15, 0.2) is 0 Å². The van der Waals surface area contributed by atoms with Gasteiger partial charge in [-0.05, 0) is 50.6 Å². The zero-order chi connectivity index (χ0) is 19.8. The molecule has 6 nitrogen and oxygen atoms in total. The molecule has 0 aromatic heterocycles. The van der Waals surface area contributed by atoms with E-state index in [0.717, 1.165) is 16.9 Å². The Labute approximate surface area is 160 Å². The minimum absolute atomic E-state index is 0.135. The lowest BCUT2D eigenvalue weighted by Crippen LogP contribution is -2.36. The highest BCUT2D eigenvalue weighted by atomic mass is 16.5. The standard InChI is InChI=1S/C21H28N2O4/c1-14(2)27-17-8-6-16(7-9-17)13-22-21(24)23-15(3)19-11-10-18(25-4)12-20(19)26-5/h6-12,14-15H,13H2,1-5H3,(H2,22,23,24). The van der Waals surface area contributed by atoms with Crippen LogP contribution in [0.15, 0.2) is 42.5 Å². The van der Waals surface area contributed by atoms with Crippen molar-refractivity contribution in [3.05, 3.63) is 53.6 Å². The Hall–Kier alpha value is -2.89. The first-order chi connectivity index (χ1) is 12.9. The van der Waals surface area contributed by atoms with Gasteiger partial charge in [0.05, 0.1) is 26.4 Å². The molecule has 2 amide bonds. The van der Waals surface area contributed by atoms with E-state index < -0.39 is 0 Å². The maximum Gasteiger partial charge on any atom is 0.315 e. The molecule has 2 aromatic rings. The van der Waals surface area contributed by atoms with E-state index in [4.69, 9.17) is 14.2 Å². The average molecular weight is 372 g/mol. The molecule has 1 atom stereocenters. The maximum absolute atomic E-state index is 12.2. The highest BCUT2D eigenvalue weighted by Crippen LogP contribution is 2.29. The van der Waals surface area contributed by atoms with Crippen molar-refractivity contribution in [1.29, 1.82) is 0 Å². The van der Waals surface area contributed by atoms with Crippen LogP contribution in [-0.2, 0) is 6.54 Å². The van der Waals surface area contributed by atoms with Crippen LogP contribution in [0.25, 0.3) is 0 Å². The van der Waals surface area contributed by atoms with Crippen molar-refractivity contribution in [1.82, 2.24) is 10.6 Å². The Morgan fingerprint density at radius 2 is 1.63 bits per heavy atom. The van der Waals surface area contributed by atoms with E-state index in [1.807, 2.05) is 57.2 Å². The minimum Gasteiger partial charge on any atom is -0.497 e. The molecule has 0 spiro atoms. The van der Waals surface area contributed by atoms with Gasteiger partial charge in [-0.2, -0.15) is 0 Å². The summed E-state index contributed by atoms with van der Waals surface area (Å²) in [5.74, 6) is 2.19. The predicted octanol–water partition coefficient (Wildman–Crippen LogP) is 4.05. The van der Waals surface area contributed by atoms with Crippen molar-refractivity contribution in [2.24, 2.45) is 0 Å². The molecule has 0 radical (unpaired) electrons. The van der Waals surface area contributed by atoms with E-state index >= 15 is 0 Å². The molecule has 2 aromatic carbocycles. The third-order valence-corrected chi connectivity index (χ3v) is 4.00. The minimum atomic E-state index is -0.247. The smallest absolute Gasteiger partial charge is 0.315 e. The highest BCUT2D eigenvalue weighted by molar-refractivity contribution is 5.74. The summed E-state index contributed by atoms with van der Waals surface area (Å²) in [4.78, 5) is 12.2. The molecule has 0 aliphatic carbocycles. The fourth-order valence-electron chi connectivity index (χ4n) is 2.64. The van der Waals surface area contributed by atoms with Crippen LogP contribution in [-0.4, -0.2) is 26.4 Å². The predicted molar refractivity (Wildman–Crippen MR) is 106 cm³/mol. The SMILES string of the molecule is COc1ccc(C(C)NC(=O)NCc2ccc(OC(C)C)cc2)c(OC)c1. The van der Waals surface area contributed by atoms with Gasteiger partial charge >= 0.3 is 6.03 Å². The zero-order valence-corrected chi connectivity index (χ0v) is 16.5. The number of rotatable bonds is 8. The lowest BCUT2D eigenvalue weighted by Gasteiger charge is -2.18. The van der Waals surface area contributed by atoms with E-state index in [-0.39, 0.29) is 18.2 Å². The Morgan fingerprint density at radius 3 is 2.22 bits per heavy atom. The van der Waals surface area contributed by atoms with E-state index in [2.05, 4.69) is 10.6 Å². The van der Waals surface area contributed by atoms with Gasteiger partial charge in [-0.1, -0.05) is 12.1 Å². The second-order valence-corrected chi connectivity index (χ2v) is 6.47. The van der Waals surface area contributed by atoms with Gasteiger partial charge in [0.2, 0.25) is 0 Å². The monoisotopic (exact) mass is 372 g/mol. The first-order valence-corrected chi connectivity index (χ1v) is 8.94. The molecule has 0 aliphatic heterocycles. The van der Waals surface area contributed by atoms with Crippen LogP contribution in [0.3, 0.4) is 0 Å². The van der Waals surface area contributed by atoms with Crippen LogP contribution >= 0.6 is 0 Å². The fraction of sp³-hybridized carbons (Fsp3) is 0.381. The highest BCUT2D eigenvalue weighted by Gasteiger charge is 2.14. The van der Waals surface area contributed by atoms with Crippen LogP contribution in [0.2, 0.25) is 0 Å². The van der Waals surface area contributed by atoms with Crippen LogP contribution in [0.4, 0.5) is 4.79 Å². The second-order valence-electron chi connectivity index (χ2n) is 6.47. The summed E-state index contributed by atoms with van der Waals surface area (Å²) in [7, 11) is 3.20. The first kappa shape index (κ1) is 20.4. The molecular formula is C21H28N2O4. The number of amides is 2. The third-order valence-electron chi connectivity index (χ3n) is 4.00. The van der Waals surface area contributed by atoms with Crippen molar-refractivity contribution in [3.8, 4) is 17.2 Å².